The molecule has 4 rings (SSSR count). The van der Waals surface area contributed by atoms with Gasteiger partial charge >= 0.3 is 6.18 Å². The van der Waals surface area contributed by atoms with Crippen molar-refractivity contribution in [2.24, 2.45) is 38.8 Å². The third-order valence-electron chi connectivity index (χ3n) is 10.6. The maximum Gasteiger partial charge on any atom is 0.413 e. The van der Waals surface area contributed by atoms with Crippen LogP contribution in [0.1, 0.15) is 102 Å². The molecule has 11 heteroatoms. The number of hydrogen-bond donors (Lipinski definition) is 0. The van der Waals surface area contributed by atoms with E-state index in [4.69, 9.17) is 4.74 Å². The Kier molecular flexibility index (Phi) is 11.4. The van der Waals surface area contributed by atoms with Crippen LogP contribution in [0.4, 0.5) is 17.6 Å². The van der Waals surface area contributed by atoms with Gasteiger partial charge in [0.15, 0.2) is 11.6 Å². The molecule has 0 N–H and O–H groups in total. The average molecular weight is 661 g/mol. The summed E-state index contributed by atoms with van der Waals surface area (Å²) in [6.07, 6.45) is 1.91. The van der Waals surface area contributed by atoms with E-state index in [0.717, 1.165) is 38.0 Å². The highest BCUT2D eigenvalue weighted by Gasteiger charge is 2.44. The molecule has 0 bridgehead atoms. The van der Waals surface area contributed by atoms with Crippen LogP contribution in [0.25, 0.3) is 0 Å². The molecule has 256 valence electrons. The van der Waals surface area contributed by atoms with Crippen LogP contribution in [0.5, 0.6) is 5.75 Å². The predicted octanol–water partition coefficient (Wildman–Crippen LogP) is 8.95. The van der Waals surface area contributed by atoms with E-state index in [2.05, 4.69) is 24.0 Å². The predicted molar refractivity (Wildman–Crippen MR) is 171 cm³/mol. The third-order valence-corrected chi connectivity index (χ3v) is 10.6. The van der Waals surface area contributed by atoms with Crippen LogP contribution < -0.4 is 4.74 Å². The first kappa shape index (κ1) is 36.3. The Hall–Kier alpha value is -3.50. The van der Waals surface area contributed by atoms with Crippen molar-refractivity contribution in [3.63, 3.8) is 0 Å². The van der Waals surface area contributed by atoms with Crippen LogP contribution in [0.15, 0.2) is 51.2 Å². The van der Waals surface area contributed by atoms with Crippen molar-refractivity contribution in [2.45, 2.75) is 97.6 Å². The van der Waals surface area contributed by atoms with Crippen molar-refractivity contribution < 1.29 is 36.7 Å². The lowest BCUT2D eigenvalue weighted by Crippen LogP contribution is -2.34. The summed E-state index contributed by atoms with van der Waals surface area (Å²) in [7, 11) is 1.30. The minimum absolute atomic E-state index is 0.0320. The lowest BCUT2D eigenvalue weighted by atomic mass is 9.67. The minimum Gasteiger partial charge on any atom is -0.496 e. The molecule has 0 spiro atoms. The fourth-order valence-corrected chi connectivity index (χ4v) is 7.33. The van der Waals surface area contributed by atoms with Gasteiger partial charge in [-0.05, 0) is 105 Å². The number of allylic oxidation sites excluding steroid dienone is 4. The molecule has 0 radical (unpaired) electrons. The van der Waals surface area contributed by atoms with Crippen LogP contribution in [0.3, 0.4) is 0 Å². The zero-order valence-electron chi connectivity index (χ0n) is 27.6. The smallest absolute Gasteiger partial charge is 0.413 e. The summed E-state index contributed by atoms with van der Waals surface area (Å²) < 4.78 is 64.0. The summed E-state index contributed by atoms with van der Waals surface area (Å²) in [6.45, 7) is 6.06. The zero-order valence-corrected chi connectivity index (χ0v) is 27.6. The first-order chi connectivity index (χ1) is 22.1. The summed E-state index contributed by atoms with van der Waals surface area (Å²) in [4.78, 5) is 54.5. The molecule has 0 saturated heterocycles. The molecular weight excluding hydrogens is 616 g/mol. The minimum atomic E-state index is -4.81. The zero-order chi connectivity index (χ0) is 34.6. The lowest BCUT2D eigenvalue weighted by Gasteiger charge is -2.37. The Morgan fingerprint density at radius 3 is 2.28 bits per heavy atom. The molecule has 0 aromatic heterocycles. The van der Waals surface area contributed by atoms with Gasteiger partial charge in [0.25, 0.3) is 5.91 Å². The molecule has 1 unspecified atom stereocenters. The monoisotopic (exact) mass is 660 g/mol. The van der Waals surface area contributed by atoms with Gasteiger partial charge in [-0.1, -0.05) is 32.9 Å². The molecule has 1 amide bonds. The van der Waals surface area contributed by atoms with Crippen molar-refractivity contribution >= 4 is 23.7 Å². The summed E-state index contributed by atoms with van der Waals surface area (Å²) >= 11 is 0. The van der Waals surface area contributed by atoms with Crippen molar-refractivity contribution in [2.75, 3.05) is 13.7 Å². The summed E-state index contributed by atoms with van der Waals surface area (Å²) in [6, 6.07) is 3.97. The molecule has 7 nitrogen and oxygen atoms in total. The number of rotatable bonds is 10. The van der Waals surface area contributed by atoms with Gasteiger partial charge in [0.05, 0.1) is 18.1 Å². The first-order valence-electron chi connectivity index (χ1n) is 16.4. The van der Waals surface area contributed by atoms with Crippen LogP contribution in [-0.2, 0) is 9.59 Å². The Morgan fingerprint density at radius 2 is 1.68 bits per heavy atom. The maximum atomic E-state index is 14.7. The lowest BCUT2D eigenvalue weighted by molar-refractivity contribution is -0.129. The quantitative estimate of drug-likeness (QED) is 0.108. The number of benzene rings is 1. The van der Waals surface area contributed by atoms with Gasteiger partial charge in [-0.3, -0.25) is 19.4 Å². The molecule has 1 atom stereocenters. The molecule has 2 fully saturated rings. The van der Waals surface area contributed by atoms with Crippen molar-refractivity contribution in [1.82, 2.24) is 0 Å². The fraction of sp³-hybridized carbons (Fsp3) is 0.611. The van der Waals surface area contributed by atoms with Gasteiger partial charge in [-0.15, -0.1) is 4.91 Å². The number of nitroso groups, excluding NO2 is 1. The van der Waals surface area contributed by atoms with Gasteiger partial charge in [-0.25, -0.2) is 4.39 Å². The number of halogens is 4. The van der Waals surface area contributed by atoms with Crippen molar-refractivity contribution in [3.8, 4) is 5.75 Å². The molecular formula is C36H44F4N2O5. The normalized spacial score (nSPS) is 25.7. The number of carbonyl (C=O) groups is 3. The Morgan fingerprint density at radius 1 is 1.02 bits per heavy atom. The maximum absolute atomic E-state index is 14.7. The number of alkyl halides is 3. The number of ether oxygens (including phenoxy) is 1. The second kappa shape index (κ2) is 14.7. The van der Waals surface area contributed by atoms with E-state index in [1.165, 1.54) is 25.3 Å². The topological polar surface area (TPSA) is 102 Å². The van der Waals surface area contributed by atoms with E-state index in [-0.39, 0.29) is 53.5 Å². The Bertz CT molecular complexity index is 1460. The molecule has 1 aromatic rings. The van der Waals surface area contributed by atoms with Crippen molar-refractivity contribution in [1.29, 1.82) is 0 Å². The number of hydrogen-bond acceptors (Lipinski definition) is 6. The van der Waals surface area contributed by atoms with Gasteiger partial charge < -0.3 is 4.74 Å². The summed E-state index contributed by atoms with van der Waals surface area (Å²) in [5.74, 6) is -3.62. The number of aliphatic imine (C=N–C) groups is 1. The van der Waals surface area contributed by atoms with E-state index in [9.17, 15) is 36.9 Å². The highest BCUT2D eigenvalue weighted by Crippen LogP contribution is 2.46. The van der Waals surface area contributed by atoms with E-state index in [1.54, 1.807) is 6.92 Å². The number of amides is 1. The fourth-order valence-electron chi connectivity index (χ4n) is 7.33. The molecule has 1 heterocycles. The van der Waals surface area contributed by atoms with Crippen LogP contribution in [0.2, 0.25) is 0 Å². The second-order valence-corrected chi connectivity index (χ2v) is 14.5. The van der Waals surface area contributed by atoms with E-state index in [0.29, 0.717) is 25.7 Å². The van der Waals surface area contributed by atoms with Gasteiger partial charge in [0, 0.05) is 35.5 Å². The standard InChI is InChI=1S/C36H44F4N2O5/c1-34(2)14-10-22(11-15-34)18-24(8-9-29(43)31-28(37)6-5-7-30(31)47-4)32(44)26-21-41-20-25(19-27(26)36(38,39)40)23-12-16-35(3,17-13-23)33(45)42-46/h5-8,21-23,25H,9-20H2,1-4H3. The largest absolute Gasteiger partial charge is 0.496 e. The molecule has 3 aliphatic rings. The van der Waals surface area contributed by atoms with E-state index < -0.39 is 58.4 Å². The van der Waals surface area contributed by atoms with Gasteiger partial charge in [0.2, 0.25) is 0 Å². The van der Waals surface area contributed by atoms with E-state index >= 15 is 0 Å². The van der Waals surface area contributed by atoms with Gasteiger partial charge in [0.1, 0.15) is 11.6 Å². The molecule has 2 saturated carbocycles. The molecule has 1 aromatic carbocycles. The Balaban J connectivity index is 1.65. The van der Waals surface area contributed by atoms with Crippen molar-refractivity contribution in [3.05, 3.63) is 57.3 Å². The Labute approximate surface area is 273 Å². The molecule has 2 aliphatic carbocycles. The first-order valence-corrected chi connectivity index (χ1v) is 16.4. The van der Waals surface area contributed by atoms with E-state index in [1.807, 2.05) is 0 Å². The number of ketones is 2. The van der Waals surface area contributed by atoms with Crippen LogP contribution >= 0.6 is 0 Å². The number of methoxy groups -OCH3 is 1. The number of Topliss-reactive ketones (excluding diaryl/α,β-unsaturated/α-hetero) is 2. The SMILES string of the molecule is COc1cccc(F)c1C(=O)CC=C(CC1CCC(C)(C)CC1)C(=O)C1=C(C(F)(F)F)CC(C2CCC(C)(C(=O)N=O)CC2)CN=C1. The highest BCUT2D eigenvalue weighted by molar-refractivity contribution is 6.22. The molecule has 47 heavy (non-hydrogen) atoms. The second-order valence-electron chi connectivity index (χ2n) is 14.5. The van der Waals surface area contributed by atoms with Crippen LogP contribution in [0, 0.1) is 39.3 Å². The summed E-state index contributed by atoms with van der Waals surface area (Å²) in [5.41, 5.74) is -2.46. The van der Waals surface area contributed by atoms with Crippen LogP contribution in [-0.4, -0.2) is 43.5 Å². The average Bonchev–Trinajstić information content (AvgIpc) is 3.27. The number of carbonyl (C=O) groups excluding carboxylic acids is 3. The summed E-state index contributed by atoms with van der Waals surface area (Å²) in [5, 5.41) is 2.57. The highest BCUT2D eigenvalue weighted by atomic mass is 19.4. The van der Waals surface area contributed by atoms with Gasteiger partial charge in [-0.2, -0.15) is 13.2 Å². The molecule has 1 aliphatic heterocycles. The number of nitrogens with zero attached hydrogens (tertiary/aromatic N) is 2. The third kappa shape index (κ3) is 8.70.